The fourth-order valence-corrected chi connectivity index (χ4v) is 3.06. The van der Waals surface area contributed by atoms with Crippen LogP contribution in [0.1, 0.15) is 39.0 Å². The zero-order valence-corrected chi connectivity index (χ0v) is 12.0. The fraction of sp³-hybridized carbons (Fsp3) is 0.571. The van der Waals surface area contributed by atoms with E-state index in [4.69, 9.17) is 11.6 Å². The fourth-order valence-electron chi connectivity index (χ4n) is 2.88. The Morgan fingerprint density at radius 3 is 2.84 bits per heavy atom. The predicted molar refractivity (Wildman–Crippen MR) is 78.7 cm³/mol. The average Bonchev–Trinajstić information content (AvgIpc) is 2.82. The molecule has 4 nitrogen and oxygen atoms in total. The van der Waals surface area contributed by atoms with Gasteiger partial charge in [0.2, 0.25) is 5.28 Å². The first-order chi connectivity index (χ1) is 9.28. The Kier molecular flexibility index (Phi) is 3.60. The van der Waals surface area contributed by atoms with Crippen LogP contribution in [0.2, 0.25) is 5.28 Å². The number of fused-ring (bicyclic) bond motifs is 1. The zero-order valence-electron chi connectivity index (χ0n) is 11.2. The Morgan fingerprint density at radius 1 is 1.32 bits per heavy atom. The summed E-state index contributed by atoms with van der Waals surface area (Å²) in [6.07, 6.45) is 8.43. The summed E-state index contributed by atoms with van der Waals surface area (Å²) in [4.78, 5) is 8.69. The maximum absolute atomic E-state index is 6.02. The molecule has 0 unspecified atom stereocenters. The van der Waals surface area contributed by atoms with E-state index < -0.39 is 0 Å². The quantitative estimate of drug-likeness (QED) is 0.867. The Labute approximate surface area is 118 Å². The Balaban J connectivity index is 1.98. The third-order valence-electron chi connectivity index (χ3n) is 3.87. The van der Waals surface area contributed by atoms with Crippen LogP contribution in [-0.4, -0.2) is 20.6 Å². The molecule has 0 atom stereocenters. The molecule has 0 bridgehead atoms. The summed E-state index contributed by atoms with van der Waals surface area (Å²) >= 11 is 6.02. The number of aryl methyl sites for hydroxylation is 1. The largest absolute Gasteiger partial charge is 0.365 e. The van der Waals surface area contributed by atoms with E-state index in [1.165, 1.54) is 32.1 Å². The molecule has 0 amide bonds. The van der Waals surface area contributed by atoms with E-state index >= 15 is 0 Å². The molecule has 1 fully saturated rings. The molecule has 2 aromatic heterocycles. The van der Waals surface area contributed by atoms with Gasteiger partial charge in [-0.15, -0.1) is 0 Å². The monoisotopic (exact) mass is 278 g/mol. The SMILES string of the molecule is CCn1ccc2nc(Cl)nc(NC3CCCCC3)c21. The molecule has 0 spiro atoms. The zero-order chi connectivity index (χ0) is 13.2. The minimum absolute atomic E-state index is 0.319. The Hall–Kier alpha value is -1.29. The Morgan fingerprint density at radius 2 is 2.11 bits per heavy atom. The van der Waals surface area contributed by atoms with Crippen molar-refractivity contribution in [3.8, 4) is 0 Å². The van der Waals surface area contributed by atoms with Crippen LogP contribution in [0, 0.1) is 0 Å². The summed E-state index contributed by atoms with van der Waals surface area (Å²) < 4.78 is 2.16. The smallest absolute Gasteiger partial charge is 0.225 e. The molecule has 1 saturated carbocycles. The number of aromatic nitrogens is 3. The van der Waals surface area contributed by atoms with Crippen LogP contribution < -0.4 is 5.32 Å². The normalized spacial score (nSPS) is 16.9. The molecule has 1 aliphatic rings. The van der Waals surface area contributed by atoms with Crippen molar-refractivity contribution in [2.24, 2.45) is 0 Å². The highest BCUT2D eigenvalue weighted by Gasteiger charge is 2.17. The molecule has 2 aromatic rings. The second-order valence-electron chi connectivity index (χ2n) is 5.16. The minimum atomic E-state index is 0.319. The molecular weight excluding hydrogens is 260 g/mol. The maximum atomic E-state index is 6.02. The summed E-state index contributed by atoms with van der Waals surface area (Å²) in [5.74, 6) is 0.883. The highest BCUT2D eigenvalue weighted by molar-refractivity contribution is 6.28. The lowest BCUT2D eigenvalue weighted by Crippen LogP contribution is -2.23. The van der Waals surface area contributed by atoms with Gasteiger partial charge in [0, 0.05) is 18.8 Å². The van der Waals surface area contributed by atoms with Gasteiger partial charge in [0.1, 0.15) is 5.52 Å². The summed E-state index contributed by atoms with van der Waals surface area (Å²) in [6.45, 7) is 3.03. The van der Waals surface area contributed by atoms with Crippen molar-refractivity contribution in [2.45, 2.75) is 51.6 Å². The van der Waals surface area contributed by atoms with Crippen molar-refractivity contribution in [2.75, 3.05) is 5.32 Å². The lowest BCUT2D eigenvalue weighted by molar-refractivity contribution is 0.462. The van der Waals surface area contributed by atoms with Crippen molar-refractivity contribution in [3.05, 3.63) is 17.5 Å². The second kappa shape index (κ2) is 5.37. The maximum Gasteiger partial charge on any atom is 0.225 e. The molecule has 102 valence electrons. The van der Waals surface area contributed by atoms with E-state index in [0.717, 1.165) is 23.4 Å². The lowest BCUT2D eigenvalue weighted by atomic mass is 9.95. The van der Waals surface area contributed by atoms with Crippen LogP contribution in [0.15, 0.2) is 12.3 Å². The van der Waals surface area contributed by atoms with Gasteiger partial charge in [0.25, 0.3) is 0 Å². The van der Waals surface area contributed by atoms with Crippen LogP contribution in [-0.2, 0) is 6.54 Å². The van der Waals surface area contributed by atoms with E-state index in [-0.39, 0.29) is 0 Å². The van der Waals surface area contributed by atoms with Gasteiger partial charge in [-0.25, -0.2) is 4.98 Å². The van der Waals surface area contributed by atoms with Crippen LogP contribution in [0.3, 0.4) is 0 Å². The first kappa shape index (κ1) is 12.7. The van der Waals surface area contributed by atoms with Gasteiger partial charge >= 0.3 is 0 Å². The molecule has 5 heteroatoms. The highest BCUT2D eigenvalue weighted by atomic mass is 35.5. The minimum Gasteiger partial charge on any atom is -0.365 e. The van der Waals surface area contributed by atoms with Crippen molar-refractivity contribution in [1.82, 2.24) is 14.5 Å². The van der Waals surface area contributed by atoms with Gasteiger partial charge in [-0.2, -0.15) is 4.98 Å². The first-order valence-electron chi connectivity index (χ1n) is 7.07. The van der Waals surface area contributed by atoms with Crippen molar-refractivity contribution in [3.63, 3.8) is 0 Å². The highest BCUT2D eigenvalue weighted by Crippen LogP contribution is 2.27. The molecule has 2 heterocycles. The molecule has 1 N–H and O–H groups in total. The predicted octanol–water partition coefficient (Wildman–Crippen LogP) is 3.85. The number of hydrogen-bond donors (Lipinski definition) is 1. The van der Waals surface area contributed by atoms with Gasteiger partial charge in [0.15, 0.2) is 5.82 Å². The van der Waals surface area contributed by atoms with Crippen molar-refractivity contribution < 1.29 is 0 Å². The molecule has 19 heavy (non-hydrogen) atoms. The number of nitrogens with zero attached hydrogens (tertiary/aromatic N) is 3. The van der Waals surface area contributed by atoms with Gasteiger partial charge in [0.05, 0.1) is 5.52 Å². The molecule has 0 radical (unpaired) electrons. The summed E-state index contributed by atoms with van der Waals surface area (Å²) in [7, 11) is 0. The molecule has 3 rings (SSSR count). The van der Waals surface area contributed by atoms with Crippen LogP contribution >= 0.6 is 11.6 Å². The summed E-state index contributed by atoms with van der Waals surface area (Å²) in [5, 5.41) is 3.89. The van der Waals surface area contributed by atoms with Crippen LogP contribution in [0.4, 0.5) is 5.82 Å². The van der Waals surface area contributed by atoms with Gasteiger partial charge in [-0.1, -0.05) is 19.3 Å². The molecular formula is C14H19ClN4. The van der Waals surface area contributed by atoms with E-state index in [2.05, 4.69) is 26.8 Å². The third kappa shape index (κ3) is 2.54. The summed E-state index contributed by atoms with van der Waals surface area (Å²) in [6, 6.07) is 2.52. The van der Waals surface area contributed by atoms with Gasteiger partial charge in [-0.05, 0) is 37.4 Å². The number of anilines is 1. The first-order valence-corrected chi connectivity index (χ1v) is 7.44. The molecule has 0 aliphatic heterocycles. The molecule has 1 aliphatic carbocycles. The third-order valence-corrected chi connectivity index (χ3v) is 4.04. The number of halogens is 1. The standard InChI is InChI=1S/C14H19ClN4/c1-2-19-9-8-11-12(19)13(18-14(15)17-11)16-10-6-4-3-5-7-10/h8-10H,2-7H2,1H3,(H,16,17,18). The molecule has 0 saturated heterocycles. The lowest BCUT2D eigenvalue weighted by Gasteiger charge is -2.23. The van der Waals surface area contributed by atoms with E-state index in [9.17, 15) is 0 Å². The van der Waals surface area contributed by atoms with E-state index in [1.54, 1.807) is 0 Å². The van der Waals surface area contributed by atoms with Gasteiger partial charge < -0.3 is 9.88 Å². The van der Waals surface area contributed by atoms with Gasteiger partial charge in [-0.3, -0.25) is 0 Å². The summed E-state index contributed by atoms with van der Waals surface area (Å²) in [5.41, 5.74) is 1.98. The topological polar surface area (TPSA) is 42.7 Å². The van der Waals surface area contributed by atoms with E-state index in [0.29, 0.717) is 11.3 Å². The Bertz CT molecular complexity index is 572. The number of rotatable bonds is 3. The van der Waals surface area contributed by atoms with Crippen LogP contribution in [0.5, 0.6) is 0 Å². The average molecular weight is 279 g/mol. The van der Waals surface area contributed by atoms with Crippen molar-refractivity contribution >= 4 is 28.5 Å². The number of nitrogens with one attached hydrogen (secondary N) is 1. The number of hydrogen-bond acceptors (Lipinski definition) is 3. The van der Waals surface area contributed by atoms with Crippen molar-refractivity contribution in [1.29, 1.82) is 0 Å². The van der Waals surface area contributed by atoms with E-state index in [1.807, 2.05) is 12.3 Å². The molecule has 0 aromatic carbocycles. The van der Waals surface area contributed by atoms with Crippen LogP contribution in [0.25, 0.3) is 11.0 Å². The second-order valence-corrected chi connectivity index (χ2v) is 5.49.